The van der Waals surface area contributed by atoms with Gasteiger partial charge in [-0.25, -0.2) is 4.79 Å². The Balaban J connectivity index is 6.36. The number of hydrogen-bond donors (Lipinski definition) is 11. The third-order valence-corrected chi connectivity index (χ3v) is 9.33. The van der Waals surface area contributed by atoms with Crippen LogP contribution in [-0.4, -0.2) is 124 Å². The molecule has 19 heteroatoms. The van der Waals surface area contributed by atoms with Gasteiger partial charge in [0.25, 0.3) is 0 Å². The second kappa shape index (κ2) is 25.9. The first-order valence-corrected chi connectivity index (χ1v) is 20.2. The lowest BCUT2D eigenvalue weighted by atomic mass is 9.95. The van der Waals surface area contributed by atoms with E-state index in [0.717, 1.165) is 0 Å². The van der Waals surface area contributed by atoms with Gasteiger partial charge < -0.3 is 58.3 Å². The van der Waals surface area contributed by atoms with Gasteiger partial charge in [0, 0.05) is 0 Å². The van der Waals surface area contributed by atoms with Crippen LogP contribution in [0.4, 0.5) is 0 Å². The van der Waals surface area contributed by atoms with Gasteiger partial charge in [-0.2, -0.15) is 0 Å². The molecule has 10 atom stereocenters. The molecule has 0 aromatic heterocycles. The maximum absolute atomic E-state index is 13.9. The molecule has 334 valence electrons. The standard InChI is InChI=1S/C39H72N8O11/c1-13-22(10)30(46-34(52)25(14-18(2)3)41-32(50)23(11)40)37(55)42-27(16-20(6)7)35(53)47-31(24(12)49)38(56)43-26(15-19(4)5)33(51)45-29(21(8)9)36(54)44-28(17-48)39(57)58/h18-31,48-49H,13-17,40H2,1-12H3,(H,41,50)(H,42,55)(H,43,56)(H,44,54)(H,45,51)(H,46,52)(H,47,53)(H,57,58)/t22-,23-,24-,25-,26-,27-,28-,29-,30-,31-/m0/s1. The van der Waals surface area contributed by atoms with Crippen molar-refractivity contribution in [2.75, 3.05) is 6.61 Å². The van der Waals surface area contributed by atoms with Crippen LogP contribution < -0.4 is 43.0 Å². The third-order valence-electron chi connectivity index (χ3n) is 9.33. The van der Waals surface area contributed by atoms with Crippen LogP contribution in [0.3, 0.4) is 0 Å². The molecule has 0 rings (SSSR count). The lowest BCUT2D eigenvalue weighted by Crippen LogP contribution is -2.62. The zero-order chi connectivity index (χ0) is 45.2. The van der Waals surface area contributed by atoms with Gasteiger partial charge in [0.1, 0.15) is 42.3 Å². The fourth-order valence-electron chi connectivity index (χ4n) is 5.79. The van der Waals surface area contributed by atoms with E-state index in [0.29, 0.717) is 6.42 Å². The Morgan fingerprint density at radius 1 is 0.483 bits per heavy atom. The lowest BCUT2D eigenvalue weighted by molar-refractivity contribution is -0.143. The summed E-state index contributed by atoms with van der Waals surface area (Å²) in [5, 5.41) is 47.1. The quantitative estimate of drug-likeness (QED) is 0.0502. The predicted octanol–water partition coefficient (Wildman–Crippen LogP) is -0.975. The first-order valence-electron chi connectivity index (χ1n) is 20.2. The second-order valence-electron chi connectivity index (χ2n) is 16.8. The summed E-state index contributed by atoms with van der Waals surface area (Å²) in [4.78, 5) is 105. The zero-order valence-corrected chi connectivity index (χ0v) is 36.3. The van der Waals surface area contributed by atoms with E-state index in [2.05, 4.69) is 37.2 Å². The fraction of sp³-hybridized carbons (Fsp3) is 0.795. The number of carbonyl (C=O) groups excluding carboxylic acids is 7. The highest BCUT2D eigenvalue weighted by Gasteiger charge is 2.37. The van der Waals surface area contributed by atoms with Crippen LogP contribution in [0.25, 0.3) is 0 Å². The van der Waals surface area contributed by atoms with Gasteiger partial charge in [-0.3, -0.25) is 33.6 Å². The fourth-order valence-corrected chi connectivity index (χ4v) is 5.79. The molecule has 58 heavy (non-hydrogen) atoms. The van der Waals surface area contributed by atoms with Crippen molar-refractivity contribution in [2.45, 2.75) is 163 Å². The van der Waals surface area contributed by atoms with Gasteiger partial charge in [0.2, 0.25) is 41.4 Å². The van der Waals surface area contributed by atoms with Crippen LogP contribution in [0.5, 0.6) is 0 Å². The third kappa shape index (κ3) is 18.9. The monoisotopic (exact) mass is 829 g/mol. The normalized spacial score (nSPS) is 16.7. The molecule has 0 heterocycles. The molecule has 19 nitrogen and oxygen atoms in total. The van der Waals surface area contributed by atoms with Crippen molar-refractivity contribution >= 4 is 47.3 Å². The Labute approximate surface area is 342 Å². The molecule has 0 aliphatic carbocycles. The first kappa shape index (κ1) is 53.6. The summed E-state index contributed by atoms with van der Waals surface area (Å²) >= 11 is 0. The number of aliphatic hydroxyl groups is 2. The molecule has 0 spiro atoms. The zero-order valence-electron chi connectivity index (χ0n) is 36.3. The van der Waals surface area contributed by atoms with Crippen molar-refractivity contribution in [1.82, 2.24) is 37.2 Å². The number of rotatable bonds is 26. The number of hydrogen-bond acceptors (Lipinski definition) is 11. The second-order valence-corrected chi connectivity index (χ2v) is 16.8. The molecule has 0 aromatic carbocycles. The van der Waals surface area contributed by atoms with Crippen LogP contribution in [0.2, 0.25) is 0 Å². The van der Waals surface area contributed by atoms with E-state index in [1.807, 2.05) is 34.6 Å². The van der Waals surface area contributed by atoms with Crippen LogP contribution in [-0.2, 0) is 38.4 Å². The van der Waals surface area contributed by atoms with Crippen LogP contribution in [0.1, 0.15) is 109 Å². The van der Waals surface area contributed by atoms with Crippen LogP contribution in [0.15, 0.2) is 0 Å². The van der Waals surface area contributed by atoms with Crippen molar-refractivity contribution in [2.24, 2.45) is 35.3 Å². The van der Waals surface area contributed by atoms with Crippen molar-refractivity contribution in [1.29, 1.82) is 0 Å². The molecule has 0 aromatic rings. The highest BCUT2D eigenvalue weighted by molar-refractivity contribution is 5.97. The van der Waals surface area contributed by atoms with Gasteiger partial charge in [0.05, 0.1) is 18.8 Å². The Morgan fingerprint density at radius 2 is 0.810 bits per heavy atom. The lowest BCUT2D eigenvalue weighted by Gasteiger charge is -2.31. The SMILES string of the molecule is CC[C@H](C)[C@H](NC(=O)[C@H](CC(C)C)NC(=O)[C@H](C)N)C(=O)N[C@@H](CC(C)C)C(=O)N[C@H](C(=O)N[C@@H](CC(C)C)C(=O)N[C@H](C(=O)N[C@@H](CO)C(=O)O)C(C)C)[C@H](C)O. The molecule has 0 radical (unpaired) electrons. The highest BCUT2D eigenvalue weighted by Crippen LogP contribution is 2.14. The predicted molar refractivity (Wildman–Crippen MR) is 216 cm³/mol. The summed E-state index contributed by atoms with van der Waals surface area (Å²) in [6.45, 7) is 19.5. The molecule has 0 saturated heterocycles. The van der Waals surface area contributed by atoms with E-state index in [4.69, 9.17) is 5.73 Å². The molecule has 7 amide bonds. The van der Waals surface area contributed by atoms with Gasteiger partial charge in [0.15, 0.2) is 0 Å². The number of aliphatic hydroxyl groups excluding tert-OH is 2. The molecule has 0 bridgehead atoms. The average molecular weight is 829 g/mol. The Bertz CT molecular complexity index is 1390. The molecule has 0 saturated carbocycles. The van der Waals surface area contributed by atoms with Gasteiger partial charge in [-0.05, 0) is 62.7 Å². The number of carbonyl (C=O) groups is 8. The number of carboxylic acid groups (broad SMARTS) is 1. The van der Waals surface area contributed by atoms with Crippen molar-refractivity contribution in [3.63, 3.8) is 0 Å². The summed E-state index contributed by atoms with van der Waals surface area (Å²) in [5.74, 6) is -8.00. The van der Waals surface area contributed by atoms with Crippen molar-refractivity contribution in [3.8, 4) is 0 Å². The summed E-state index contributed by atoms with van der Waals surface area (Å²) in [5.41, 5.74) is 5.71. The maximum Gasteiger partial charge on any atom is 0.328 e. The molecule has 12 N–H and O–H groups in total. The van der Waals surface area contributed by atoms with E-state index < -0.39 is 120 Å². The topological polar surface area (TPSA) is 307 Å². The van der Waals surface area contributed by atoms with Crippen LogP contribution in [0, 0.1) is 29.6 Å². The van der Waals surface area contributed by atoms with Crippen molar-refractivity contribution < 1.29 is 53.7 Å². The minimum atomic E-state index is -1.61. The summed E-state index contributed by atoms with van der Waals surface area (Å²) in [6.07, 6.45) is -0.585. The highest BCUT2D eigenvalue weighted by atomic mass is 16.4. The number of aliphatic carboxylic acids is 1. The van der Waals surface area contributed by atoms with E-state index in [9.17, 15) is 53.7 Å². The largest absolute Gasteiger partial charge is 0.480 e. The van der Waals surface area contributed by atoms with E-state index >= 15 is 0 Å². The summed E-state index contributed by atoms with van der Waals surface area (Å²) < 4.78 is 0. The number of nitrogens with one attached hydrogen (secondary N) is 7. The first-order chi connectivity index (χ1) is 26.8. The van der Waals surface area contributed by atoms with Gasteiger partial charge >= 0.3 is 5.97 Å². The minimum Gasteiger partial charge on any atom is -0.480 e. The average Bonchev–Trinajstić information content (AvgIpc) is 3.10. The Kier molecular flexibility index (Phi) is 23.9. The number of carboxylic acids is 1. The maximum atomic E-state index is 13.9. The van der Waals surface area contributed by atoms with E-state index in [-0.39, 0.29) is 37.0 Å². The summed E-state index contributed by atoms with van der Waals surface area (Å²) in [6, 6.07) is -9.95. The molecule has 0 aliphatic heterocycles. The van der Waals surface area contributed by atoms with E-state index in [1.54, 1.807) is 34.6 Å². The molecule has 0 aliphatic rings. The van der Waals surface area contributed by atoms with Gasteiger partial charge in [-0.1, -0.05) is 75.7 Å². The van der Waals surface area contributed by atoms with Gasteiger partial charge in [-0.15, -0.1) is 0 Å². The number of nitrogens with two attached hydrogens (primary N) is 1. The molecular weight excluding hydrogens is 756 g/mol. The minimum absolute atomic E-state index is 0.00244. The van der Waals surface area contributed by atoms with Crippen LogP contribution >= 0.6 is 0 Å². The van der Waals surface area contributed by atoms with Crippen molar-refractivity contribution in [3.05, 3.63) is 0 Å². The Morgan fingerprint density at radius 3 is 1.12 bits per heavy atom. The van der Waals surface area contributed by atoms with E-state index in [1.165, 1.54) is 13.8 Å². The smallest absolute Gasteiger partial charge is 0.328 e. The Hall–Kier alpha value is -4.36. The number of amides is 7. The molecular formula is C39H72N8O11. The summed E-state index contributed by atoms with van der Waals surface area (Å²) in [7, 11) is 0. The molecule has 0 unspecified atom stereocenters. The molecule has 0 fully saturated rings.